The van der Waals surface area contributed by atoms with Crippen molar-refractivity contribution in [3.8, 4) is 0 Å². The van der Waals surface area contributed by atoms with E-state index in [0.29, 0.717) is 0 Å². The summed E-state index contributed by atoms with van der Waals surface area (Å²) >= 11 is 0. The second-order valence-electron chi connectivity index (χ2n) is 4.65. The van der Waals surface area contributed by atoms with E-state index in [4.69, 9.17) is 0 Å². The number of hydrogen-bond donors (Lipinski definition) is 0. The molecule has 100 valence electrons. The number of benzene rings is 2. The van der Waals surface area contributed by atoms with Crippen molar-refractivity contribution in [2.24, 2.45) is 0 Å². The fraction of sp³-hybridized carbons (Fsp3) is 0.222. The fourth-order valence-corrected chi connectivity index (χ4v) is 2.25. The van der Waals surface area contributed by atoms with Gasteiger partial charge in [-0.05, 0) is 0 Å². The Kier molecular flexibility index (Phi) is 11.2. The van der Waals surface area contributed by atoms with Crippen LogP contribution in [-0.2, 0) is 65.4 Å². The first-order valence-corrected chi connectivity index (χ1v) is 6.59. The van der Waals surface area contributed by atoms with Crippen LogP contribution in [0.15, 0.2) is 60.7 Å². The first-order valence-electron chi connectivity index (χ1n) is 6.59. The Morgan fingerprint density at radius 2 is 1.20 bits per heavy atom. The molecule has 0 nitrogen and oxygen atoms in total. The molecule has 2 aromatic rings. The van der Waals surface area contributed by atoms with Crippen molar-refractivity contribution >= 4 is 0 Å². The number of hydrogen-bond acceptors (Lipinski definition) is 0. The van der Waals surface area contributed by atoms with Crippen molar-refractivity contribution in [2.75, 3.05) is 0 Å². The van der Waals surface area contributed by atoms with Gasteiger partial charge in [0.2, 0.25) is 0 Å². The van der Waals surface area contributed by atoms with Gasteiger partial charge in [-0.3, -0.25) is 0 Å². The largest absolute Gasteiger partial charge is 0.190 e. The van der Waals surface area contributed by atoms with Crippen molar-refractivity contribution in [3.05, 3.63) is 83.6 Å². The molecular weight excluding hydrogens is 394 g/mol. The zero-order valence-corrected chi connectivity index (χ0v) is 18.0. The van der Waals surface area contributed by atoms with E-state index in [9.17, 15) is 0 Å². The summed E-state index contributed by atoms with van der Waals surface area (Å²) in [5.41, 5.74) is 2.72. The topological polar surface area (TPSA) is 0 Å². The molecule has 0 atom stereocenters. The summed E-state index contributed by atoms with van der Waals surface area (Å²) in [5.74, 6) is 2.95. The van der Waals surface area contributed by atoms with Gasteiger partial charge < -0.3 is 0 Å². The van der Waals surface area contributed by atoms with Gasteiger partial charge in [0, 0.05) is 65.4 Å². The molecule has 0 saturated carbocycles. The normalized spacial score (nSPS) is 9.10. The maximum Gasteiger partial charge on any atom is 0 e. The summed E-state index contributed by atoms with van der Waals surface area (Å²) in [7, 11) is 0. The van der Waals surface area contributed by atoms with E-state index in [1.165, 1.54) is 23.0 Å². The predicted octanol–water partition coefficient (Wildman–Crippen LogP) is 5.05. The Morgan fingerprint density at radius 3 is 1.65 bits per heavy atom. The van der Waals surface area contributed by atoms with E-state index in [1.54, 1.807) is 0 Å². The summed E-state index contributed by atoms with van der Waals surface area (Å²) in [6.07, 6.45) is 2.17. The average molecular weight is 414 g/mol. The van der Waals surface area contributed by atoms with Crippen LogP contribution in [0.2, 0.25) is 0 Å². The quantitative estimate of drug-likeness (QED) is 0.601. The van der Waals surface area contributed by atoms with Gasteiger partial charge in [-0.1, -0.05) is 32.4 Å². The van der Waals surface area contributed by atoms with E-state index in [2.05, 4.69) is 74.5 Å². The van der Waals surface area contributed by atoms with E-state index in [1.807, 2.05) is 0 Å². The van der Waals surface area contributed by atoms with Gasteiger partial charge >= 0.3 is 0 Å². The Balaban J connectivity index is 0.00000180. The summed E-state index contributed by atoms with van der Waals surface area (Å²) in [6.45, 7) is 4.47. The molecule has 20 heavy (non-hydrogen) atoms. The molecule has 0 aliphatic rings. The van der Waals surface area contributed by atoms with Crippen LogP contribution >= 0.6 is 0 Å². The van der Waals surface area contributed by atoms with Gasteiger partial charge in [-0.2, -0.15) is 47.2 Å². The van der Waals surface area contributed by atoms with Gasteiger partial charge in [0.15, 0.2) is 0 Å². The molecule has 0 fully saturated rings. The monoisotopic (exact) mass is 414 g/mol. The minimum absolute atomic E-state index is 0. The molecule has 0 aliphatic carbocycles. The van der Waals surface area contributed by atoms with E-state index < -0.39 is 0 Å². The molecular formula is C18H20Y2-2. The molecule has 2 rings (SSSR count). The average Bonchev–Trinajstić information content (AvgIpc) is 2.46. The van der Waals surface area contributed by atoms with Crippen molar-refractivity contribution in [1.29, 1.82) is 0 Å². The van der Waals surface area contributed by atoms with E-state index >= 15 is 0 Å². The van der Waals surface area contributed by atoms with E-state index in [0.717, 1.165) is 12.8 Å². The molecule has 0 heterocycles. The summed E-state index contributed by atoms with van der Waals surface area (Å²) in [5, 5.41) is 0. The summed E-state index contributed by atoms with van der Waals surface area (Å²) < 4.78 is 0. The standard InChI is InChI=1S/C18H20.2Y/c1-3-16(18-12-8-5-9-13-18)14-15(2)17-10-6-4-7-11-17;;/h4-13H,3,14H2,1-2H3;;/q-2;;. The van der Waals surface area contributed by atoms with Crippen LogP contribution in [0, 0.1) is 11.8 Å². The van der Waals surface area contributed by atoms with Crippen LogP contribution in [0.4, 0.5) is 0 Å². The second-order valence-corrected chi connectivity index (χ2v) is 4.65. The summed E-state index contributed by atoms with van der Waals surface area (Å²) in [6, 6.07) is 21.4. The van der Waals surface area contributed by atoms with Crippen molar-refractivity contribution < 1.29 is 65.4 Å². The third-order valence-electron chi connectivity index (χ3n) is 3.35. The first-order chi connectivity index (χ1) is 8.81. The number of rotatable bonds is 5. The minimum Gasteiger partial charge on any atom is -0.190 e. The smallest absolute Gasteiger partial charge is 0 e. The molecule has 0 aliphatic heterocycles. The molecule has 0 aromatic heterocycles. The Bertz CT molecular complexity index is 453. The van der Waals surface area contributed by atoms with Crippen LogP contribution in [0.5, 0.6) is 0 Å². The van der Waals surface area contributed by atoms with Gasteiger partial charge in [-0.25, -0.2) is 0 Å². The summed E-state index contributed by atoms with van der Waals surface area (Å²) in [4.78, 5) is 0. The van der Waals surface area contributed by atoms with Crippen LogP contribution < -0.4 is 0 Å². The Labute approximate surface area is 173 Å². The molecule has 2 radical (unpaired) electrons. The molecule has 2 heteroatoms. The van der Waals surface area contributed by atoms with Crippen molar-refractivity contribution in [1.82, 2.24) is 0 Å². The minimum atomic E-state index is 0. The molecule has 0 saturated heterocycles. The van der Waals surface area contributed by atoms with Crippen LogP contribution in [0.25, 0.3) is 0 Å². The Morgan fingerprint density at radius 1 is 0.750 bits per heavy atom. The zero-order valence-electron chi connectivity index (χ0n) is 12.3. The van der Waals surface area contributed by atoms with Gasteiger partial charge in [0.1, 0.15) is 0 Å². The van der Waals surface area contributed by atoms with Crippen LogP contribution in [0.1, 0.15) is 37.8 Å². The third kappa shape index (κ3) is 6.02. The Hall–Kier alpha value is 0.388. The predicted molar refractivity (Wildman–Crippen MR) is 78.2 cm³/mol. The molecule has 2 aromatic carbocycles. The molecule has 0 N–H and O–H groups in total. The maximum atomic E-state index is 2.24. The fourth-order valence-electron chi connectivity index (χ4n) is 2.25. The zero-order chi connectivity index (χ0) is 12.8. The van der Waals surface area contributed by atoms with E-state index in [-0.39, 0.29) is 65.4 Å². The first kappa shape index (κ1) is 20.4. The molecule has 0 unspecified atom stereocenters. The SMILES string of the molecule is CC[C-](C[C-](C)c1ccccc1)c1ccccc1.[Y].[Y]. The third-order valence-corrected chi connectivity index (χ3v) is 3.35. The van der Waals surface area contributed by atoms with Crippen LogP contribution in [-0.4, -0.2) is 0 Å². The van der Waals surface area contributed by atoms with Crippen LogP contribution in [0.3, 0.4) is 0 Å². The molecule has 0 spiro atoms. The van der Waals surface area contributed by atoms with Gasteiger partial charge in [0.25, 0.3) is 0 Å². The maximum absolute atomic E-state index is 2.24. The van der Waals surface area contributed by atoms with Crippen molar-refractivity contribution in [3.63, 3.8) is 0 Å². The molecule has 0 bridgehead atoms. The molecule has 0 amide bonds. The van der Waals surface area contributed by atoms with Gasteiger partial charge in [-0.15, -0.1) is 30.7 Å². The van der Waals surface area contributed by atoms with Crippen molar-refractivity contribution in [2.45, 2.75) is 26.7 Å². The van der Waals surface area contributed by atoms with Gasteiger partial charge in [0.05, 0.1) is 0 Å². The second kappa shape index (κ2) is 11.0.